The molecule has 4 saturated carbocycles. The van der Waals surface area contributed by atoms with Crippen molar-refractivity contribution in [1.82, 2.24) is 0 Å². The highest BCUT2D eigenvalue weighted by molar-refractivity contribution is 5.87. The van der Waals surface area contributed by atoms with Gasteiger partial charge in [-0.15, -0.1) is 0 Å². The molecule has 1 nitrogen and oxygen atoms in total. The minimum atomic E-state index is 0.0980. The molecule has 324 valence electrons. The summed E-state index contributed by atoms with van der Waals surface area (Å²) in [5.74, 6) is 1.65. The Bertz CT molecular complexity index is 2230. The summed E-state index contributed by atoms with van der Waals surface area (Å²) in [5.41, 5.74) is 16.3. The van der Waals surface area contributed by atoms with Gasteiger partial charge in [0, 0.05) is 22.5 Å². The Morgan fingerprint density at radius 3 is 1.63 bits per heavy atom. The van der Waals surface area contributed by atoms with Crippen LogP contribution >= 0.6 is 0 Å². The van der Waals surface area contributed by atoms with Gasteiger partial charge in [-0.25, -0.2) is 0 Å². The first-order valence-corrected chi connectivity index (χ1v) is 25.4. The first kappa shape index (κ1) is 42.9. The molecule has 2 unspecified atom stereocenters. The molecule has 4 bridgehead atoms. The molecular weight excluding hydrogens is 747 g/mol. The summed E-state index contributed by atoms with van der Waals surface area (Å²) in [4.78, 5) is 2.57. The second-order valence-corrected chi connectivity index (χ2v) is 20.7. The van der Waals surface area contributed by atoms with Crippen molar-refractivity contribution in [3.63, 3.8) is 0 Å². The molecule has 0 N–H and O–H groups in total. The van der Waals surface area contributed by atoms with Crippen LogP contribution in [0.15, 0.2) is 122 Å². The van der Waals surface area contributed by atoms with Crippen molar-refractivity contribution in [3.05, 3.63) is 155 Å². The van der Waals surface area contributed by atoms with Gasteiger partial charge in [-0.3, -0.25) is 0 Å². The number of aryl methyl sites for hydroxylation is 1. The fourth-order valence-corrected chi connectivity index (χ4v) is 13.9. The molecule has 5 aromatic carbocycles. The van der Waals surface area contributed by atoms with Crippen molar-refractivity contribution in [3.8, 4) is 11.1 Å². The molecule has 4 fully saturated rings. The van der Waals surface area contributed by atoms with E-state index in [1.165, 1.54) is 168 Å². The number of fused-ring (bicyclic) bond motifs is 3. The van der Waals surface area contributed by atoms with Gasteiger partial charge in [0.2, 0.25) is 0 Å². The largest absolute Gasteiger partial charge is 0.310 e. The molecular formula is C61H75N. The maximum Gasteiger partial charge on any atom is 0.0468 e. The maximum atomic E-state index is 4.04. The van der Waals surface area contributed by atoms with Crippen molar-refractivity contribution in [2.24, 2.45) is 11.8 Å². The fourth-order valence-electron chi connectivity index (χ4n) is 13.9. The van der Waals surface area contributed by atoms with Crippen molar-refractivity contribution >= 4 is 23.1 Å². The van der Waals surface area contributed by atoms with Crippen LogP contribution in [0.3, 0.4) is 0 Å². The number of hydrogen-bond donors (Lipinski definition) is 0. The van der Waals surface area contributed by atoms with Crippen molar-refractivity contribution in [2.45, 2.75) is 172 Å². The number of hydrogen-bond acceptors (Lipinski definition) is 1. The lowest BCUT2D eigenvalue weighted by Gasteiger charge is -2.63. The van der Waals surface area contributed by atoms with Crippen molar-refractivity contribution in [1.29, 1.82) is 0 Å². The van der Waals surface area contributed by atoms with Gasteiger partial charge in [-0.2, -0.15) is 0 Å². The van der Waals surface area contributed by atoms with Gasteiger partial charge in [0.1, 0.15) is 0 Å². The quantitative estimate of drug-likeness (QED) is 0.0667. The number of unbranched alkanes of at least 4 members (excludes halogenated alkanes) is 9. The lowest BCUT2D eigenvalue weighted by atomic mass is 9.42. The van der Waals surface area contributed by atoms with E-state index in [9.17, 15) is 0 Å². The molecule has 10 rings (SSSR count). The highest BCUT2D eigenvalue weighted by Gasteiger charge is 2.58. The van der Waals surface area contributed by atoms with Gasteiger partial charge in [-0.1, -0.05) is 183 Å². The van der Waals surface area contributed by atoms with Gasteiger partial charge in [0.25, 0.3) is 0 Å². The van der Waals surface area contributed by atoms with E-state index >= 15 is 0 Å². The highest BCUT2D eigenvalue weighted by Crippen LogP contribution is 2.66. The molecule has 0 heterocycles. The Hall–Kier alpha value is -4.36. The van der Waals surface area contributed by atoms with E-state index < -0.39 is 0 Å². The normalized spacial score (nSPS) is 22.7. The summed E-state index contributed by atoms with van der Waals surface area (Å²) in [6.07, 6.45) is 29.4. The molecule has 5 aromatic rings. The molecule has 5 aliphatic carbocycles. The first-order chi connectivity index (χ1) is 30.4. The van der Waals surface area contributed by atoms with Crippen molar-refractivity contribution in [2.75, 3.05) is 4.90 Å². The predicted molar refractivity (Wildman–Crippen MR) is 267 cm³/mol. The van der Waals surface area contributed by atoms with Crippen LogP contribution in [0.1, 0.15) is 183 Å². The molecule has 0 saturated heterocycles. The summed E-state index contributed by atoms with van der Waals surface area (Å²) in [5, 5.41) is 0. The Balaban J connectivity index is 1.08. The monoisotopic (exact) mass is 822 g/mol. The Morgan fingerprint density at radius 2 is 1.05 bits per heavy atom. The summed E-state index contributed by atoms with van der Waals surface area (Å²) >= 11 is 0. The third kappa shape index (κ3) is 8.28. The SMILES string of the molecule is C=Cc1ccc(C23CC4CC(C2)CC(c2ccc(N(c5ccc(CCCCCC)cc5)c5ccc6c(c5)-c5ccccc5C6(CCCCCC)CCCCCC)cc2)(C4)C3)cc1. The van der Waals surface area contributed by atoms with Gasteiger partial charge < -0.3 is 4.90 Å². The van der Waals surface area contributed by atoms with E-state index in [0.717, 1.165) is 18.3 Å². The Labute approximate surface area is 376 Å². The highest BCUT2D eigenvalue weighted by atomic mass is 15.1. The van der Waals surface area contributed by atoms with Crippen LogP contribution in [0.4, 0.5) is 17.1 Å². The zero-order valence-corrected chi connectivity index (χ0v) is 38.7. The van der Waals surface area contributed by atoms with Gasteiger partial charge in [0.15, 0.2) is 0 Å². The number of rotatable bonds is 21. The van der Waals surface area contributed by atoms with Crippen LogP contribution in [0.5, 0.6) is 0 Å². The topological polar surface area (TPSA) is 3.24 Å². The predicted octanol–water partition coefficient (Wildman–Crippen LogP) is 17.9. The third-order valence-electron chi connectivity index (χ3n) is 16.5. The number of benzene rings is 5. The molecule has 5 aliphatic rings. The Morgan fingerprint density at radius 1 is 0.532 bits per heavy atom. The minimum Gasteiger partial charge on any atom is -0.310 e. The van der Waals surface area contributed by atoms with Crippen LogP contribution in [-0.2, 0) is 22.7 Å². The maximum absolute atomic E-state index is 4.04. The second kappa shape index (κ2) is 18.8. The summed E-state index contributed by atoms with van der Waals surface area (Å²) in [6.45, 7) is 11.0. The van der Waals surface area contributed by atoms with E-state index in [1.807, 2.05) is 6.08 Å². The number of anilines is 3. The van der Waals surface area contributed by atoms with E-state index in [2.05, 4.69) is 148 Å². The molecule has 0 spiro atoms. The molecule has 1 heteroatoms. The minimum absolute atomic E-state index is 0.0980. The average molecular weight is 822 g/mol. The third-order valence-corrected chi connectivity index (χ3v) is 16.5. The van der Waals surface area contributed by atoms with E-state index in [1.54, 1.807) is 22.3 Å². The smallest absolute Gasteiger partial charge is 0.0468 e. The average Bonchev–Trinajstić information content (AvgIpc) is 3.57. The van der Waals surface area contributed by atoms with Crippen LogP contribution in [0.2, 0.25) is 0 Å². The second-order valence-electron chi connectivity index (χ2n) is 20.7. The van der Waals surface area contributed by atoms with Crippen LogP contribution in [-0.4, -0.2) is 0 Å². The van der Waals surface area contributed by atoms with E-state index in [0.29, 0.717) is 5.41 Å². The molecule has 0 aliphatic heterocycles. The Kier molecular flexibility index (Phi) is 13.0. The summed E-state index contributed by atoms with van der Waals surface area (Å²) < 4.78 is 0. The first-order valence-electron chi connectivity index (χ1n) is 25.4. The molecule has 0 amide bonds. The van der Waals surface area contributed by atoms with Crippen molar-refractivity contribution < 1.29 is 0 Å². The zero-order chi connectivity index (χ0) is 42.6. The number of nitrogens with zero attached hydrogens (tertiary/aromatic N) is 1. The fraction of sp³-hybridized carbons (Fsp3) is 0.475. The van der Waals surface area contributed by atoms with Gasteiger partial charge in [-0.05, 0) is 168 Å². The van der Waals surface area contributed by atoms with E-state index in [4.69, 9.17) is 0 Å². The van der Waals surface area contributed by atoms with Gasteiger partial charge >= 0.3 is 0 Å². The van der Waals surface area contributed by atoms with E-state index in [-0.39, 0.29) is 10.8 Å². The lowest BCUT2D eigenvalue weighted by Crippen LogP contribution is -2.55. The summed E-state index contributed by atoms with van der Waals surface area (Å²) in [7, 11) is 0. The molecule has 0 aromatic heterocycles. The van der Waals surface area contributed by atoms with Crippen LogP contribution in [0.25, 0.3) is 17.2 Å². The molecule has 0 radical (unpaired) electrons. The zero-order valence-electron chi connectivity index (χ0n) is 38.7. The molecule has 2 atom stereocenters. The standard InChI is InChI=1S/C61H75N/c1-5-9-12-15-20-47-25-31-52(32-26-47)62(54-35-36-58-56(40-54)55-21-16-17-22-57(55)61(58,37-18-13-10-6-2)38-19-14-11-7-3)53-33-29-51(30-34-53)60-43-48-39-49(44-60)42-59(41-48,45-60)50-27-23-46(8-4)24-28-50/h8,16-17,21-36,40,48-49H,4-7,9-15,18-20,37-39,41-45H2,1-3H3. The van der Waals surface area contributed by atoms with Crippen LogP contribution in [0, 0.1) is 11.8 Å². The van der Waals surface area contributed by atoms with Crippen LogP contribution < -0.4 is 4.90 Å². The van der Waals surface area contributed by atoms with Gasteiger partial charge in [0.05, 0.1) is 0 Å². The lowest BCUT2D eigenvalue weighted by molar-refractivity contribution is -0.0281. The molecule has 62 heavy (non-hydrogen) atoms. The summed E-state index contributed by atoms with van der Waals surface area (Å²) in [6, 6.07) is 46.2.